The highest BCUT2D eigenvalue weighted by molar-refractivity contribution is 5.48. The van der Waals surface area contributed by atoms with Crippen molar-refractivity contribution < 1.29 is 4.79 Å². The second-order valence-corrected chi connectivity index (χ2v) is 4.08. The topological polar surface area (TPSA) is 17.1 Å². The van der Waals surface area contributed by atoms with Crippen molar-refractivity contribution >= 4 is 6.29 Å². The number of hydrogen-bond acceptors (Lipinski definition) is 1. The number of unbranched alkanes of at least 4 members (excludes halogenated alkanes) is 8. The molecule has 0 aromatic carbocycles. The Morgan fingerprint density at radius 3 is 1.40 bits per heavy atom. The molecule has 0 radical (unpaired) electrons. The summed E-state index contributed by atoms with van der Waals surface area (Å²) in [5.74, 6) is 0. The Balaban J connectivity index is 0. The van der Waals surface area contributed by atoms with Gasteiger partial charge in [0.1, 0.15) is 6.29 Å². The summed E-state index contributed by atoms with van der Waals surface area (Å²) in [7, 11) is 0. The Labute approximate surface area is 96.7 Å². The molecule has 0 heterocycles. The summed E-state index contributed by atoms with van der Waals surface area (Å²) in [6.45, 7) is 6.64. The van der Waals surface area contributed by atoms with E-state index >= 15 is 0 Å². The lowest BCUT2D eigenvalue weighted by molar-refractivity contribution is -0.107. The first-order valence-electron chi connectivity index (χ1n) is 6.77. The van der Waals surface area contributed by atoms with Crippen molar-refractivity contribution in [2.24, 2.45) is 0 Å². The Morgan fingerprint density at radius 2 is 1.07 bits per heavy atom. The van der Waals surface area contributed by atoms with Crippen LogP contribution in [0.25, 0.3) is 0 Å². The summed E-state index contributed by atoms with van der Waals surface area (Å²) in [5.41, 5.74) is 0. The van der Waals surface area contributed by atoms with Crippen LogP contribution in [0.1, 0.15) is 85.0 Å². The SMILES string of the molecule is CCCCCC=O.CCCCCCCC. The molecule has 0 saturated carbocycles. The van der Waals surface area contributed by atoms with Gasteiger partial charge in [0.25, 0.3) is 0 Å². The molecule has 92 valence electrons. The van der Waals surface area contributed by atoms with Crippen LogP contribution in [0.2, 0.25) is 0 Å². The number of rotatable bonds is 9. The first-order valence-corrected chi connectivity index (χ1v) is 6.77. The van der Waals surface area contributed by atoms with E-state index in [9.17, 15) is 4.79 Å². The van der Waals surface area contributed by atoms with Crippen LogP contribution in [0, 0.1) is 0 Å². The van der Waals surface area contributed by atoms with Gasteiger partial charge >= 0.3 is 0 Å². The van der Waals surface area contributed by atoms with Crippen molar-refractivity contribution in [1.82, 2.24) is 0 Å². The molecule has 1 nitrogen and oxygen atoms in total. The smallest absolute Gasteiger partial charge is 0.119 e. The highest BCUT2D eigenvalue weighted by atomic mass is 16.1. The van der Waals surface area contributed by atoms with E-state index in [0.717, 1.165) is 19.1 Å². The predicted octanol–water partition coefficient (Wildman–Crippen LogP) is 5.13. The monoisotopic (exact) mass is 214 g/mol. The molecule has 0 spiro atoms. The van der Waals surface area contributed by atoms with Crippen LogP contribution in [0.5, 0.6) is 0 Å². The first kappa shape index (κ1) is 17.1. The van der Waals surface area contributed by atoms with Crippen molar-refractivity contribution in [3.63, 3.8) is 0 Å². The molecule has 0 rings (SSSR count). The van der Waals surface area contributed by atoms with Crippen LogP contribution in [-0.2, 0) is 4.79 Å². The van der Waals surface area contributed by atoms with E-state index in [1.54, 1.807) is 0 Å². The second kappa shape index (κ2) is 19.3. The molecule has 0 aromatic rings. The van der Waals surface area contributed by atoms with E-state index < -0.39 is 0 Å². The lowest BCUT2D eigenvalue weighted by atomic mass is 10.1. The molecular formula is C14H30O. The van der Waals surface area contributed by atoms with Crippen LogP contribution in [0.4, 0.5) is 0 Å². The van der Waals surface area contributed by atoms with Crippen LogP contribution in [-0.4, -0.2) is 6.29 Å². The Morgan fingerprint density at radius 1 is 0.667 bits per heavy atom. The van der Waals surface area contributed by atoms with Gasteiger partial charge in [-0.3, -0.25) is 0 Å². The Bertz CT molecular complexity index is 93.5. The normalized spacial score (nSPS) is 9.27. The zero-order valence-electron chi connectivity index (χ0n) is 11.1. The minimum atomic E-state index is 0.744. The van der Waals surface area contributed by atoms with Gasteiger partial charge in [-0.1, -0.05) is 72.1 Å². The number of aldehydes is 1. The molecule has 0 aliphatic heterocycles. The zero-order chi connectivity index (χ0) is 11.8. The Kier molecular flexibility index (Phi) is 21.9. The maximum Gasteiger partial charge on any atom is 0.119 e. The van der Waals surface area contributed by atoms with Gasteiger partial charge in [0, 0.05) is 6.42 Å². The van der Waals surface area contributed by atoms with Gasteiger partial charge in [-0.05, 0) is 6.42 Å². The molecule has 0 aliphatic carbocycles. The van der Waals surface area contributed by atoms with Crippen molar-refractivity contribution in [1.29, 1.82) is 0 Å². The van der Waals surface area contributed by atoms with Crippen molar-refractivity contribution in [3.8, 4) is 0 Å². The van der Waals surface area contributed by atoms with Crippen LogP contribution < -0.4 is 0 Å². The fourth-order valence-electron chi connectivity index (χ4n) is 1.33. The molecule has 0 atom stereocenters. The van der Waals surface area contributed by atoms with Crippen LogP contribution in [0.15, 0.2) is 0 Å². The quantitative estimate of drug-likeness (QED) is 0.384. The first-order chi connectivity index (χ1) is 7.33. The van der Waals surface area contributed by atoms with Crippen molar-refractivity contribution in [3.05, 3.63) is 0 Å². The lowest BCUT2D eigenvalue weighted by Gasteiger charge is -1.93. The highest BCUT2D eigenvalue weighted by Gasteiger charge is 1.83. The predicted molar refractivity (Wildman–Crippen MR) is 69.3 cm³/mol. The maximum atomic E-state index is 9.68. The van der Waals surface area contributed by atoms with E-state index in [2.05, 4.69) is 20.8 Å². The third-order valence-corrected chi connectivity index (χ3v) is 2.38. The van der Waals surface area contributed by atoms with E-state index in [-0.39, 0.29) is 0 Å². The maximum absolute atomic E-state index is 9.68. The number of carbonyl (C=O) groups excluding carboxylic acids is 1. The van der Waals surface area contributed by atoms with Crippen LogP contribution >= 0.6 is 0 Å². The molecule has 0 N–H and O–H groups in total. The van der Waals surface area contributed by atoms with E-state index in [1.165, 1.54) is 51.4 Å². The van der Waals surface area contributed by atoms with Gasteiger partial charge in [-0.25, -0.2) is 0 Å². The highest BCUT2D eigenvalue weighted by Crippen LogP contribution is 2.03. The average Bonchev–Trinajstić information content (AvgIpc) is 2.26. The summed E-state index contributed by atoms with van der Waals surface area (Å²) in [6, 6.07) is 0. The van der Waals surface area contributed by atoms with Gasteiger partial charge in [0.05, 0.1) is 0 Å². The molecule has 0 unspecified atom stereocenters. The number of hydrogen-bond donors (Lipinski definition) is 0. The minimum absolute atomic E-state index is 0.744. The van der Waals surface area contributed by atoms with Gasteiger partial charge in [0.2, 0.25) is 0 Å². The summed E-state index contributed by atoms with van der Waals surface area (Å²) < 4.78 is 0. The summed E-state index contributed by atoms with van der Waals surface area (Å²) in [5, 5.41) is 0. The molecule has 0 saturated heterocycles. The third kappa shape index (κ3) is 24.8. The molecule has 0 amide bonds. The summed E-state index contributed by atoms with van der Waals surface area (Å²) in [4.78, 5) is 9.68. The van der Waals surface area contributed by atoms with E-state index in [1.807, 2.05) is 0 Å². The van der Waals surface area contributed by atoms with Crippen molar-refractivity contribution in [2.75, 3.05) is 0 Å². The fraction of sp³-hybridized carbons (Fsp3) is 0.929. The lowest BCUT2D eigenvalue weighted by Crippen LogP contribution is -1.73. The van der Waals surface area contributed by atoms with Gasteiger partial charge in [-0.15, -0.1) is 0 Å². The average molecular weight is 214 g/mol. The second-order valence-electron chi connectivity index (χ2n) is 4.08. The molecule has 0 bridgehead atoms. The molecule has 0 aromatic heterocycles. The third-order valence-electron chi connectivity index (χ3n) is 2.38. The van der Waals surface area contributed by atoms with Crippen molar-refractivity contribution in [2.45, 2.75) is 85.0 Å². The number of carbonyl (C=O) groups is 1. The molecule has 0 fully saturated rings. The molecule has 15 heavy (non-hydrogen) atoms. The standard InChI is InChI=1S/C8H18.C6H12O/c1-3-5-7-8-6-4-2;1-2-3-4-5-6-7/h3-8H2,1-2H3;6H,2-5H2,1H3. The van der Waals surface area contributed by atoms with Gasteiger partial charge in [-0.2, -0.15) is 0 Å². The largest absolute Gasteiger partial charge is 0.303 e. The zero-order valence-corrected chi connectivity index (χ0v) is 11.1. The van der Waals surface area contributed by atoms with E-state index in [4.69, 9.17) is 0 Å². The minimum Gasteiger partial charge on any atom is -0.303 e. The summed E-state index contributed by atoms with van der Waals surface area (Å²) >= 11 is 0. The van der Waals surface area contributed by atoms with Gasteiger partial charge < -0.3 is 4.79 Å². The van der Waals surface area contributed by atoms with Gasteiger partial charge in [0.15, 0.2) is 0 Å². The van der Waals surface area contributed by atoms with E-state index in [0.29, 0.717) is 0 Å². The summed E-state index contributed by atoms with van der Waals surface area (Å²) in [6.07, 6.45) is 13.7. The fourth-order valence-corrected chi connectivity index (χ4v) is 1.33. The molecule has 1 heteroatoms. The molecule has 0 aliphatic rings. The Hall–Kier alpha value is -0.330. The van der Waals surface area contributed by atoms with Crippen LogP contribution in [0.3, 0.4) is 0 Å². The molecular weight excluding hydrogens is 184 g/mol.